The Balaban J connectivity index is 1.33. The summed E-state index contributed by atoms with van der Waals surface area (Å²) in [5, 5.41) is 11.9. The number of carbonyl (C=O) groups excluding carboxylic acids is 1. The van der Waals surface area contributed by atoms with E-state index in [9.17, 15) is 22.8 Å². The number of carboxylic acid groups (broad SMARTS) is 1. The molecule has 0 saturated carbocycles. The molecular formula is C30H34F3N7O4S. The monoisotopic (exact) mass is 645 g/mol. The van der Waals surface area contributed by atoms with Gasteiger partial charge in [0, 0.05) is 50.5 Å². The molecule has 1 amide bonds. The van der Waals surface area contributed by atoms with Gasteiger partial charge in [0.15, 0.2) is 5.13 Å². The molecule has 2 N–H and O–H groups in total. The highest BCUT2D eigenvalue weighted by Crippen LogP contribution is 2.41. The van der Waals surface area contributed by atoms with Crippen molar-refractivity contribution in [1.82, 2.24) is 24.8 Å². The first-order valence-corrected chi connectivity index (χ1v) is 15.3. The number of piperazine rings is 1. The van der Waals surface area contributed by atoms with Gasteiger partial charge < -0.3 is 19.6 Å². The second kappa shape index (κ2) is 13.8. The van der Waals surface area contributed by atoms with E-state index in [1.165, 1.54) is 43.0 Å². The number of carbonyl (C=O) groups is 2. The zero-order valence-electron chi connectivity index (χ0n) is 24.9. The molecule has 0 spiro atoms. The minimum atomic E-state index is -4.62. The lowest BCUT2D eigenvalue weighted by Crippen LogP contribution is -2.47. The van der Waals surface area contributed by atoms with Gasteiger partial charge in [-0.2, -0.15) is 13.2 Å². The van der Waals surface area contributed by atoms with Crippen LogP contribution in [0, 0.1) is 0 Å². The molecule has 15 heteroatoms. The average molecular weight is 646 g/mol. The van der Waals surface area contributed by atoms with Crippen LogP contribution in [0.2, 0.25) is 0 Å². The van der Waals surface area contributed by atoms with Crippen molar-refractivity contribution in [1.29, 1.82) is 0 Å². The molecule has 0 aliphatic carbocycles. The second-order valence-electron chi connectivity index (χ2n) is 10.7. The molecule has 0 bridgehead atoms. The normalized spacial score (nSPS) is 16.8. The Bertz CT molecular complexity index is 1550. The van der Waals surface area contributed by atoms with Crippen LogP contribution in [0.5, 0.6) is 5.75 Å². The molecule has 2 aliphatic rings. The molecule has 3 aromatic rings. The number of alkyl halides is 3. The minimum absolute atomic E-state index is 0.0664. The molecule has 240 valence electrons. The lowest BCUT2D eigenvalue weighted by atomic mass is 10.1. The van der Waals surface area contributed by atoms with Gasteiger partial charge in [-0.15, -0.1) is 0 Å². The Morgan fingerprint density at radius 3 is 2.56 bits per heavy atom. The first-order chi connectivity index (χ1) is 21.5. The first-order valence-electron chi connectivity index (χ1n) is 14.5. The number of likely N-dealkylation sites (tertiary alicyclic amines) is 1. The summed E-state index contributed by atoms with van der Waals surface area (Å²) in [6.07, 6.45) is 2.29. The van der Waals surface area contributed by atoms with E-state index >= 15 is 0 Å². The number of nitrogens with one attached hydrogen (secondary N) is 1. The molecule has 2 aromatic heterocycles. The number of methoxy groups -OCH3 is 1. The standard InChI is InChI=1S/C30H34F3N7O4S/c1-3-20-5-4-9-40(20)18-24-27(19-6-7-23(44-2)21(15-19)30(31,32)33)36-29(45-24)37-28(43)22-16-35-25(17-34-22)39-13-11-38(12-14-39)10-8-26(41)42/h3,6-7,15-17H,4-5,8-14,18H2,1-2H3,(H,41,42)(H,36,37,43)/b20-3+. The minimum Gasteiger partial charge on any atom is -0.496 e. The Morgan fingerprint density at radius 1 is 1.13 bits per heavy atom. The van der Waals surface area contributed by atoms with Crippen LogP contribution in [-0.4, -0.2) is 88.1 Å². The van der Waals surface area contributed by atoms with Crippen molar-refractivity contribution >= 4 is 34.2 Å². The van der Waals surface area contributed by atoms with Gasteiger partial charge in [-0.05, 0) is 38.0 Å². The largest absolute Gasteiger partial charge is 0.496 e. The maximum absolute atomic E-state index is 13.8. The van der Waals surface area contributed by atoms with Gasteiger partial charge in [-0.3, -0.25) is 19.8 Å². The highest BCUT2D eigenvalue weighted by Gasteiger charge is 2.35. The van der Waals surface area contributed by atoms with E-state index in [-0.39, 0.29) is 28.6 Å². The number of thiazole rings is 1. The molecular weight excluding hydrogens is 611 g/mol. The van der Waals surface area contributed by atoms with Crippen molar-refractivity contribution in [3.8, 4) is 17.0 Å². The lowest BCUT2D eigenvalue weighted by Gasteiger charge is -2.34. The lowest BCUT2D eigenvalue weighted by molar-refractivity contribution is -0.139. The zero-order valence-corrected chi connectivity index (χ0v) is 25.7. The van der Waals surface area contributed by atoms with Crippen molar-refractivity contribution < 1.29 is 32.6 Å². The third kappa shape index (κ3) is 7.71. The SMILES string of the molecule is C/C=C1\CCCN1Cc1sc(NC(=O)c2cnc(N3CCN(CCC(=O)O)CC3)cn2)nc1-c1ccc(OC)c(C(F)(F)F)c1. The molecule has 45 heavy (non-hydrogen) atoms. The second-order valence-corrected chi connectivity index (χ2v) is 11.8. The van der Waals surface area contributed by atoms with Gasteiger partial charge in [-0.25, -0.2) is 15.0 Å². The fourth-order valence-electron chi connectivity index (χ4n) is 5.47. The van der Waals surface area contributed by atoms with Gasteiger partial charge in [-0.1, -0.05) is 17.4 Å². The number of ether oxygens (including phenoxy) is 1. The van der Waals surface area contributed by atoms with Gasteiger partial charge in [0.25, 0.3) is 5.91 Å². The topological polar surface area (TPSA) is 124 Å². The molecule has 2 fully saturated rings. The fraction of sp³-hybridized carbons (Fsp3) is 0.433. The molecule has 2 aliphatic heterocycles. The van der Waals surface area contributed by atoms with Crippen molar-refractivity contribution in [2.24, 2.45) is 0 Å². The van der Waals surface area contributed by atoms with Crippen molar-refractivity contribution in [2.45, 2.75) is 38.9 Å². The van der Waals surface area contributed by atoms with E-state index in [0.717, 1.165) is 31.1 Å². The summed E-state index contributed by atoms with van der Waals surface area (Å²) in [7, 11) is 1.19. The summed E-state index contributed by atoms with van der Waals surface area (Å²) in [6, 6.07) is 3.84. The van der Waals surface area contributed by atoms with E-state index in [1.54, 1.807) is 0 Å². The molecule has 0 radical (unpaired) electrons. The van der Waals surface area contributed by atoms with Crippen LogP contribution in [0.4, 0.5) is 24.1 Å². The van der Waals surface area contributed by atoms with Crippen molar-refractivity contribution in [2.75, 3.05) is 56.6 Å². The summed E-state index contributed by atoms with van der Waals surface area (Å²) < 4.78 is 46.5. The molecule has 1 aromatic carbocycles. The quantitative estimate of drug-likeness (QED) is 0.312. The number of hydrogen-bond donors (Lipinski definition) is 2. The Hall–Kier alpha value is -4.24. The van der Waals surface area contributed by atoms with Gasteiger partial charge in [0.2, 0.25) is 0 Å². The predicted molar refractivity (Wildman–Crippen MR) is 163 cm³/mol. The van der Waals surface area contributed by atoms with E-state index in [0.29, 0.717) is 55.7 Å². The van der Waals surface area contributed by atoms with Gasteiger partial charge >= 0.3 is 12.1 Å². The number of aliphatic carboxylic acids is 1. The summed E-state index contributed by atoms with van der Waals surface area (Å²) in [5.74, 6) is -1.04. The number of amides is 1. The summed E-state index contributed by atoms with van der Waals surface area (Å²) >= 11 is 1.21. The summed E-state index contributed by atoms with van der Waals surface area (Å²) in [6.45, 7) is 6.39. The van der Waals surface area contributed by atoms with Crippen molar-refractivity contribution in [3.05, 3.63) is 58.5 Å². The molecule has 2 saturated heterocycles. The van der Waals surface area contributed by atoms with E-state index < -0.39 is 23.6 Å². The highest BCUT2D eigenvalue weighted by atomic mass is 32.1. The number of allylic oxidation sites excluding steroid dienone is 2. The Kier molecular flexibility index (Phi) is 9.87. The third-order valence-electron chi connectivity index (χ3n) is 7.84. The van der Waals surface area contributed by atoms with Gasteiger partial charge in [0.1, 0.15) is 17.3 Å². The molecule has 5 rings (SSSR count). The smallest absolute Gasteiger partial charge is 0.419 e. The van der Waals surface area contributed by atoms with Gasteiger partial charge in [0.05, 0.1) is 48.6 Å². The number of hydrogen-bond acceptors (Lipinski definition) is 10. The fourth-order valence-corrected chi connectivity index (χ4v) is 6.46. The third-order valence-corrected chi connectivity index (χ3v) is 8.80. The number of anilines is 2. The predicted octanol–water partition coefficient (Wildman–Crippen LogP) is 4.98. The Morgan fingerprint density at radius 2 is 1.91 bits per heavy atom. The molecule has 0 unspecified atom stereocenters. The summed E-state index contributed by atoms with van der Waals surface area (Å²) in [5.41, 5.74) is 0.941. The van der Waals surface area contributed by atoms with Crippen LogP contribution < -0.4 is 15.0 Å². The van der Waals surface area contributed by atoms with E-state index in [4.69, 9.17) is 9.84 Å². The first kappa shape index (κ1) is 32.2. The van der Waals surface area contributed by atoms with Crippen LogP contribution in [0.1, 0.15) is 47.1 Å². The average Bonchev–Trinajstić information content (AvgIpc) is 3.66. The number of nitrogens with zero attached hydrogens (tertiary/aromatic N) is 6. The number of halogens is 3. The van der Waals surface area contributed by atoms with Crippen LogP contribution in [0.3, 0.4) is 0 Å². The number of carboxylic acids is 1. The highest BCUT2D eigenvalue weighted by molar-refractivity contribution is 7.16. The zero-order chi connectivity index (χ0) is 32.1. The van der Waals surface area contributed by atoms with Crippen LogP contribution >= 0.6 is 11.3 Å². The maximum Gasteiger partial charge on any atom is 0.419 e. The number of rotatable bonds is 10. The van der Waals surface area contributed by atoms with Crippen LogP contribution in [0.15, 0.2) is 42.4 Å². The molecule has 4 heterocycles. The maximum atomic E-state index is 13.8. The number of benzene rings is 1. The molecule has 11 nitrogen and oxygen atoms in total. The number of aromatic nitrogens is 3. The van der Waals surface area contributed by atoms with Crippen LogP contribution in [0.25, 0.3) is 11.3 Å². The molecule has 0 atom stereocenters. The van der Waals surface area contributed by atoms with E-state index in [2.05, 4.69) is 30.1 Å². The van der Waals surface area contributed by atoms with Crippen molar-refractivity contribution in [3.63, 3.8) is 0 Å². The van der Waals surface area contributed by atoms with E-state index in [1.807, 2.05) is 17.9 Å². The van der Waals surface area contributed by atoms with Crippen LogP contribution in [-0.2, 0) is 17.5 Å². The summed E-state index contributed by atoms with van der Waals surface area (Å²) in [4.78, 5) is 44.2. The Labute approximate surface area is 262 Å².